The maximum absolute atomic E-state index is 12.8. The number of para-hydroxylation sites is 2. The highest BCUT2D eigenvalue weighted by Gasteiger charge is 2.16. The highest BCUT2D eigenvalue weighted by atomic mass is 16.5. The maximum Gasteiger partial charge on any atom is 0.329 e. The molecule has 0 saturated heterocycles. The molecule has 0 radical (unpaired) electrons. The van der Waals surface area contributed by atoms with E-state index in [1.54, 1.807) is 9.13 Å². The summed E-state index contributed by atoms with van der Waals surface area (Å²) >= 11 is 0. The first-order valence-corrected chi connectivity index (χ1v) is 9.07. The van der Waals surface area contributed by atoms with Gasteiger partial charge < -0.3 is 9.84 Å². The largest absolute Gasteiger partial charge is 0.491 e. The van der Waals surface area contributed by atoms with Gasteiger partial charge in [0.05, 0.1) is 17.6 Å². The van der Waals surface area contributed by atoms with Gasteiger partial charge in [-0.25, -0.2) is 4.79 Å². The fraction of sp³-hybridized carbons (Fsp3) is 0.381. The minimum atomic E-state index is -0.770. The van der Waals surface area contributed by atoms with Gasteiger partial charge in [-0.2, -0.15) is 0 Å². The molecule has 3 rings (SSSR count). The summed E-state index contributed by atoms with van der Waals surface area (Å²) in [5, 5.41) is 10.5. The predicted octanol–water partition coefficient (Wildman–Crippen LogP) is 3.27. The van der Waals surface area contributed by atoms with Crippen molar-refractivity contribution in [1.29, 1.82) is 0 Å². The molecule has 2 aromatic carbocycles. The van der Waals surface area contributed by atoms with Crippen LogP contribution in [0.5, 0.6) is 5.75 Å². The van der Waals surface area contributed by atoms with E-state index in [-0.39, 0.29) is 18.8 Å². The number of ether oxygens (including phenoxy) is 1. The molecule has 5 heteroatoms. The van der Waals surface area contributed by atoms with E-state index >= 15 is 0 Å². The minimum absolute atomic E-state index is 0.0844. The van der Waals surface area contributed by atoms with Gasteiger partial charge in [-0.3, -0.25) is 9.13 Å². The van der Waals surface area contributed by atoms with Gasteiger partial charge in [0.2, 0.25) is 0 Å². The summed E-state index contributed by atoms with van der Waals surface area (Å²) in [4.78, 5) is 12.8. The second kappa shape index (κ2) is 7.79. The predicted molar refractivity (Wildman–Crippen MR) is 104 cm³/mol. The number of aryl methyl sites for hydroxylation is 3. The van der Waals surface area contributed by atoms with Crippen molar-refractivity contribution in [1.82, 2.24) is 9.13 Å². The van der Waals surface area contributed by atoms with Crippen LogP contribution in [-0.2, 0) is 13.1 Å². The molecule has 0 aliphatic rings. The van der Waals surface area contributed by atoms with Gasteiger partial charge in [0.1, 0.15) is 18.5 Å². The second-order valence-corrected chi connectivity index (χ2v) is 6.77. The van der Waals surface area contributed by atoms with Crippen LogP contribution < -0.4 is 10.4 Å². The van der Waals surface area contributed by atoms with Gasteiger partial charge in [0.15, 0.2) is 0 Å². The Kier molecular flexibility index (Phi) is 5.47. The van der Waals surface area contributed by atoms with Crippen molar-refractivity contribution in [3.8, 4) is 5.75 Å². The zero-order valence-electron chi connectivity index (χ0n) is 15.6. The Morgan fingerprint density at radius 2 is 1.77 bits per heavy atom. The van der Waals surface area contributed by atoms with Crippen LogP contribution in [-0.4, -0.2) is 27.0 Å². The molecule has 0 bridgehead atoms. The first kappa shape index (κ1) is 18.3. The lowest BCUT2D eigenvalue weighted by Crippen LogP contribution is -2.31. The second-order valence-electron chi connectivity index (χ2n) is 6.77. The van der Waals surface area contributed by atoms with Crippen LogP contribution in [0, 0.1) is 13.8 Å². The highest BCUT2D eigenvalue weighted by Crippen LogP contribution is 2.19. The fourth-order valence-corrected chi connectivity index (χ4v) is 3.20. The molecule has 0 unspecified atom stereocenters. The summed E-state index contributed by atoms with van der Waals surface area (Å²) in [6.07, 6.45) is 0.111. The number of benzene rings is 2. The molecule has 5 nitrogen and oxygen atoms in total. The number of aliphatic hydroxyl groups excluding tert-OH is 1. The van der Waals surface area contributed by atoms with Gasteiger partial charge >= 0.3 is 5.69 Å². The average molecular weight is 354 g/mol. The number of rotatable bonds is 7. The number of nitrogens with zero attached hydrogens (tertiary/aromatic N) is 2. The van der Waals surface area contributed by atoms with E-state index in [0.717, 1.165) is 34.3 Å². The van der Waals surface area contributed by atoms with E-state index in [4.69, 9.17) is 4.74 Å². The molecule has 1 atom stereocenters. The third-order valence-electron chi connectivity index (χ3n) is 4.54. The van der Waals surface area contributed by atoms with Crippen LogP contribution in [0.2, 0.25) is 0 Å². The van der Waals surface area contributed by atoms with Gasteiger partial charge in [-0.1, -0.05) is 31.2 Å². The molecule has 0 aliphatic carbocycles. The third kappa shape index (κ3) is 3.68. The molecule has 0 fully saturated rings. The minimum Gasteiger partial charge on any atom is -0.491 e. The van der Waals surface area contributed by atoms with Gasteiger partial charge in [0.25, 0.3) is 0 Å². The summed E-state index contributed by atoms with van der Waals surface area (Å²) < 4.78 is 9.20. The molecule has 138 valence electrons. The smallest absolute Gasteiger partial charge is 0.329 e. The normalized spacial score (nSPS) is 12.5. The van der Waals surface area contributed by atoms with Crippen molar-refractivity contribution < 1.29 is 9.84 Å². The zero-order chi connectivity index (χ0) is 18.7. The van der Waals surface area contributed by atoms with Gasteiger partial charge in [-0.15, -0.1) is 0 Å². The Morgan fingerprint density at radius 3 is 2.46 bits per heavy atom. The monoisotopic (exact) mass is 354 g/mol. The lowest BCUT2D eigenvalue weighted by Gasteiger charge is -2.15. The van der Waals surface area contributed by atoms with E-state index in [0.29, 0.717) is 6.54 Å². The van der Waals surface area contributed by atoms with Crippen molar-refractivity contribution in [3.05, 3.63) is 64.1 Å². The molecule has 1 N–H and O–H groups in total. The number of hydrogen-bond donors (Lipinski definition) is 1. The number of aromatic nitrogens is 2. The number of fused-ring (bicyclic) bond motifs is 1. The molecule has 3 aromatic rings. The quantitative estimate of drug-likeness (QED) is 0.708. The Morgan fingerprint density at radius 1 is 1.08 bits per heavy atom. The van der Waals surface area contributed by atoms with Crippen LogP contribution in [0.4, 0.5) is 0 Å². The van der Waals surface area contributed by atoms with Crippen molar-refractivity contribution in [2.45, 2.75) is 46.4 Å². The zero-order valence-corrected chi connectivity index (χ0v) is 15.6. The molecular weight excluding hydrogens is 328 g/mol. The molecule has 0 spiro atoms. The van der Waals surface area contributed by atoms with Crippen molar-refractivity contribution in [2.75, 3.05) is 6.61 Å². The summed E-state index contributed by atoms with van der Waals surface area (Å²) in [5.41, 5.74) is 3.80. The van der Waals surface area contributed by atoms with Crippen molar-refractivity contribution in [3.63, 3.8) is 0 Å². The van der Waals surface area contributed by atoms with E-state index in [1.165, 1.54) is 0 Å². The first-order valence-electron chi connectivity index (χ1n) is 9.07. The average Bonchev–Trinajstić information content (AvgIpc) is 2.89. The summed E-state index contributed by atoms with van der Waals surface area (Å²) in [6.45, 7) is 7.05. The van der Waals surface area contributed by atoms with Crippen LogP contribution >= 0.6 is 0 Å². The Bertz CT molecular complexity index is 956. The standard InChI is InChI=1S/C21H26N2O3/c1-4-11-22-18-7-5-6-8-19(18)23(21(22)25)13-17(24)14-26-20-12-15(2)9-10-16(20)3/h5-10,12,17,24H,4,11,13-14H2,1-3H3/t17-/m0/s1. The fourth-order valence-electron chi connectivity index (χ4n) is 3.20. The van der Waals surface area contributed by atoms with E-state index < -0.39 is 6.10 Å². The lowest BCUT2D eigenvalue weighted by molar-refractivity contribution is 0.0921. The molecule has 1 heterocycles. The molecule has 0 aliphatic heterocycles. The Hall–Kier alpha value is -2.53. The molecular formula is C21H26N2O3. The summed E-state index contributed by atoms with van der Waals surface area (Å²) in [7, 11) is 0. The van der Waals surface area contributed by atoms with Crippen LogP contribution in [0.1, 0.15) is 24.5 Å². The maximum atomic E-state index is 12.8. The topological polar surface area (TPSA) is 56.4 Å². The van der Waals surface area contributed by atoms with Crippen LogP contribution in [0.3, 0.4) is 0 Å². The van der Waals surface area contributed by atoms with Gasteiger partial charge in [0, 0.05) is 6.54 Å². The van der Waals surface area contributed by atoms with E-state index in [1.807, 2.05) is 63.2 Å². The third-order valence-corrected chi connectivity index (χ3v) is 4.54. The van der Waals surface area contributed by atoms with Crippen molar-refractivity contribution in [2.24, 2.45) is 0 Å². The number of imidazole rings is 1. The SMILES string of the molecule is CCCn1c(=O)n(C[C@H](O)COc2cc(C)ccc2C)c2ccccc21. The number of hydrogen-bond acceptors (Lipinski definition) is 3. The number of aliphatic hydroxyl groups is 1. The van der Waals surface area contributed by atoms with Crippen LogP contribution in [0.25, 0.3) is 11.0 Å². The molecule has 0 saturated carbocycles. The van der Waals surface area contributed by atoms with Crippen molar-refractivity contribution >= 4 is 11.0 Å². The Balaban J connectivity index is 1.79. The summed E-state index contributed by atoms with van der Waals surface area (Å²) in [6, 6.07) is 13.7. The van der Waals surface area contributed by atoms with Gasteiger partial charge in [-0.05, 0) is 49.6 Å². The molecule has 0 amide bonds. The lowest BCUT2D eigenvalue weighted by atomic mass is 10.1. The highest BCUT2D eigenvalue weighted by molar-refractivity contribution is 5.76. The van der Waals surface area contributed by atoms with Crippen LogP contribution in [0.15, 0.2) is 47.3 Å². The molecule has 1 aromatic heterocycles. The summed E-state index contributed by atoms with van der Waals surface area (Å²) in [5.74, 6) is 0.768. The first-order chi connectivity index (χ1) is 12.5. The molecule has 26 heavy (non-hydrogen) atoms. The Labute approximate surface area is 153 Å². The van der Waals surface area contributed by atoms with E-state index in [2.05, 4.69) is 0 Å². The van der Waals surface area contributed by atoms with E-state index in [9.17, 15) is 9.90 Å².